The number of rotatable bonds is 4. The lowest BCUT2D eigenvalue weighted by Crippen LogP contribution is -2.49. The first kappa shape index (κ1) is 16.9. The van der Waals surface area contributed by atoms with E-state index < -0.39 is 0 Å². The molecule has 9 nitrogen and oxygen atoms in total. The van der Waals surface area contributed by atoms with E-state index in [0.29, 0.717) is 44.6 Å². The summed E-state index contributed by atoms with van der Waals surface area (Å²) >= 11 is 0. The smallest absolute Gasteiger partial charge is 0.274 e. The van der Waals surface area contributed by atoms with E-state index in [1.807, 2.05) is 11.8 Å². The highest BCUT2D eigenvalue weighted by Gasteiger charge is 2.24. The summed E-state index contributed by atoms with van der Waals surface area (Å²) in [4.78, 5) is 36.3. The topological polar surface area (TPSA) is 93.5 Å². The second-order valence-electron chi connectivity index (χ2n) is 5.59. The summed E-state index contributed by atoms with van der Waals surface area (Å²) in [6, 6.07) is 4.54. The van der Waals surface area contributed by atoms with Crippen LogP contribution in [0.4, 0.5) is 5.95 Å². The molecule has 3 rings (SSSR count). The van der Waals surface area contributed by atoms with E-state index in [0.717, 1.165) is 4.68 Å². The van der Waals surface area contributed by atoms with Gasteiger partial charge in [-0.05, 0) is 13.0 Å². The van der Waals surface area contributed by atoms with E-state index in [2.05, 4.69) is 15.1 Å². The number of aromatic nitrogens is 4. The number of carbonyl (C=O) groups excluding carboxylic acids is 1. The molecule has 1 aliphatic heterocycles. The number of anilines is 1. The van der Waals surface area contributed by atoms with Gasteiger partial charge in [-0.2, -0.15) is 10.1 Å². The van der Waals surface area contributed by atoms with Gasteiger partial charge in [-0.3, -0.25) is 9.59 Å². The summed E-state index contributed by atoms with van der Waals surface area (Å²) in [5.74, 6) is 0.956. The number of amides is 1. The molecule has 2 aromatic heterocycles. The number of ether oxygens (including phenoxy) is 1. The van der Waals surface area contributed by atoms with Gasteiger partial charge in [-0.15, -0.1) is 0 Å². The molecule has 0 bridgehead atoms. The highest BCUT2D eigenvalue weighted by Crippen LogP contribution is 2.15. The monoisotopic (exact) mass is 344 g/mol. The Hall–Kier alpha value is -2.97. The molecule has 2 aromatic rings. The summed E-state index contributed by atoms with van der Waals surface area (Å²) in [6.45, 7) is 4.75. The molecule has 0 aromatic carbocycles. The van der Waals surface area contributed by atoms with Crippen molar-refractivity contribution in [2.75, 3.05) is 37.7 Å². The Morgan fingerprint density at radius 3 is 2.64 bits per heavy atom. The first-order valence-corrected chi connectivity index (χ1v) is 8.13. The molecule has 3 heterocycles. The van der Waals surface area contributed by atoms with Crippen molar-refractivity contribution in [1.82, 2.24) is 24.6 Å². The lowest BCUT2D eigenvalue weighted by Gasteiger charge is -2.34. The third-order valence-corrected chi connectivity index (χ3v) is 3.94. The minimum atomic E-state index is -0.243. The van der Waals surface area contributed by atoms with Crippen molar-refractivity contribution in [3.8, 4) is 5.88 Å². The summed E-state index contributed by atoms with van der Waals surface area (Å²) in [6.07, 6.45) is 1.67. The van der Waals surface area contributed by atoms with Crippen LogP contribution in [0.1, 0.15) is 17.4 Å². The van der Waals surface area contributed by atoms with Gasteiger partial charge in [0.05, 0.1) is 6.61 Å². The average Bonchev–Trinajstić information content (AvgIpc) is 2.64. The largest absolute Gasteiger partial charge is 0.478 e. The Balaban J connectivity index is 1.65. The molecular formula is C16H20N6O3. The SMILES string of the molecule is CCOc1ccnc(N2CCN(C(=O)c3ccc(=O)n(C)n3)CC2)n1. The Labute approximate surface area is 144 Å². The van der Waals surface area contributed by atoms with Gasteiger partial charge in [0.2, 0.25) is 11.8 Å². The van der Waals surface area contributed by atoms with Gasteiger partial charge in [0.25, 0.3) is 11.5 Å². The van der Waals surface area contributed by atoms with E-state index >= 15 is 0 Å². The van der Waals surface area contributed by atoms with E-state index in [-0.39, 0.29) is 17.2 Å². The van der Waals surface area contributed by atoms with Crippen molar-refractivity contribution in [2.45, 2.75) is 6.92 Å². The van der Waals surface area contributed by atoms with E-state index in [9.17, 15) is 9.59 Å². The van der Waals surface area contributed by atoms with E-state index in [4.69, 9.17) is 4.74 Å². The van der Waals surface area contributed by atoms with Crippen molar-refractivity contribution < 1.29 is 9.53 Å². The predicted octanol–water partition coefficient (Wildman–Crippen LogP) is -0.0686. The zero-order valence-corrected chi connectivity index (χ0v) is 14.3. The van der Waals surface area contributed by atoms with Gasteiger partial charge >= 0.3 is 0 Å². The quantitative estimate of drug-likeness (QED) is 0.766. The van der Waals surface area contributed by atoms with Gasteiger partial charge in [0.15, 0.2) is 0 Å². The molecule has 1 amide bonds. The number of aryl methyl sites for hydroxylation is 1. The predicted molar refractivity (Wildman–Crippen MR) is 90.8 cm³/mol. The molecule has 25 heavy (non-hydrogen) atoms. The van der Waals surface area contributed by atoms with Crippen molar-refractivity contribution in [2.24, 2.45) is 7.05 Å². The van der Waals surface area contributed by atoms with Gasteiger partial charge in [0.1, 0.15) is 5.69 Å². The average molecular weight is 344 g/mol. The normalized spacial score (nSPS) is 14.5. The molecule has 0 atom stereocenters. The highest BCUT2D eigenvalue weighted by molar-refractivity contribution is 5.92. The zero-order chi connectivity index (χ0) is 17.8. The summed E-state index contributed by atoms with van der Waals surface area (Å²) < 4.78 is 6.56. The van der Waals surface area contributed by atoms with Crippen LogP contribution in [-0.2, 0) is 7.05 Å². The van der Waals surface area contributed by atoms with Crippen molar-refractivity contribution in [3.63, 3.8) is 0 Å². The maximum atomic E-state index is 12.5. The molecule has 9 heteroatoms. The Kier molecular flexibility index (Phi) is 4.92. The standard InChI is InChI=1S/C16H20N6O3/c1-3-25-13-6-7-17-16(18-13)22-10-8-21(9-11-22)15(24)12-4-5-14(23)20(2)19-12/h4-7H,3,8-11H2,1-2H3. The van der Waals surface area contributed by atoms with Crippen LogP contribution in [0.25, 0.3) is 0 Å². The first-order chi connectivity index (χ1) is 12.1. The lowest BCUT2D eigenvalue weighted by atomic mass is 10.2. The summed E-state index contributed by atoms with van der Waals surface area (Å²) in [5.41, 5.74) is 0.0258. The van der Waals surface area contributed by atoms with Crippen LogP contribution in [0, 0.1) is 0 Å². The molecule has 0 unspecified atom stereocenters. The van der Waals surface area contributed by atoms with E-state index in [1.54, 1.807) is 17.2 Å². The summed E-state index contributed by atoms with van der Waals surface area (Å²) in [7, 11) is 1.53. The number of hydrogen-bond acceptors (Lipinski definition) is 7. The van der Waals surface area contributed by atoms with Crippen LogP contribution >= 0.6 is 0 Å². The molecule has 0 spiro atoms. The minimum Gasteiger partial charge on any atom is -0.478 e. The zero-order valence-electron chi connectivity index (χ0n) is 14.3. The molecule has 132 valence electrons. The van der Waals surface area contributed by atoms with Crippen LogP contribution in [0.15, 0.2) is 29.2 Å². The maximum Gasteiger partial charge on any atom is 0.274 e. The fraction of sp³-hybridized carbons (Fsp3) is 0.438. The third kappa shape index (κ3) is 3.76. The molecule has 1 aliphatic rings. The highest BCUT2D eigenvalue weighted by atomic mass is 16.5. The third-order valence-electron chi connectivity index (χ3n) is 3.94. The molecule has 1 saturated heterocycles. The van der Waals surface area contributed by atoms with Crippen molar-refractivity contribution >= 4 is 11.9 Å². The second-order valence-corrected chi connectivity index (χ2v) is 5.59. The number of carbonyl (C=O) groups is 1. The molecular weight excluding hydrogens is 324 g/mol. The Morgan fingerprint density at radius 1 is 1.20 bits per heavy atom. The Morgan fingerprint density at radius 2 is 1.96 bits per heavy atom. The molecule has 1 fully saturated rings. The van der Waals surface area contributed by atoms with Crippen LogP contribution in [0.5, 0.6) is 5.88 Å². The fourth-order valence-corrected chi connectivity index (χ4v) is 2.60. The van der Waals surface area contributed by atoms with E-state index in [1.165, 1.54) is 19.2 Å². The van der Waals surface area contributed by atoms with Gasteiger partial charge in [-0.25, -0.2) is 9.67 Å². The van der Waals surface area contributed by atoms with Crippen LogP contribution in [-0.4, -0.2) is 63.3 Å². The minimum absolute atomic E-state index is 0.181. The number of nitrogens with zero attached hydrogens (tertiary/aromatic N) is 6. The molecule has 0 aliphatic carbocycles. The van der Waals surface area contributed by atoms with Crippen molar-refractivity contribution in [1.29, 1.82) is 0 Å². The maximum absolute atomic E-state index is 12.5. The Bertz CT molecular complexity index is 814. The van der Waals surface area contributed by atoms with Gasteiger partial charge in [0, 0.05) is 51.6 Å². The summed E-state index contributed by atoms with van der Waals surface area (Å²) in [5, 5.41) is 4.02. The van der Waals surface area contributed by atoms with Gasteiger partial charge < -0.3 is 14.5 Å². The number of piperazine rings is 1. The second kappa shape index (κ2) is 7.29. The first-order valence-electron chi connectivity index (χ1n) is 8.13. The molecule has 0 radical (unpaired) electrons. The van der Waals surface area contributed by atoms with Gasteiger partial charge in [-0.1, -0.05) is 0 Å². The van der Waals surface area contributed by atoms with Crippen LogP contribution in [0.2, 0.25) is 0 Å². The molecule has 0 saturated carbocycles. The molecule has 0 N–H and O–H groups in total. The van der Waals surface area contributed by atoms with Crippen LogP contribution in [0.3, 0.4) is 0 Å². The van der Waals surface area contributed by atoms with Crippen molar-refractivity contribution in [3.05, 3.63) is 40.4 Å². The van der Waals surface area contributed by atoms with Crippen LogP contribution < -0.4 is 15.2 Å². The lowest BCUT2D eigenvalue weighted by molar-refractivity contribution is 0.0737. The fourth-order valence-electron chi connectivity index (χ4n) is 2.60. The number of hydrogen-bond donors (Lipinski definition) is 0.